The number of carbonyl (C=O) groups excluding carboxylic acids is 1. The number of carbonyl (C=O) groups is 1. The molecule has 4 heterocycles. The predicted molar refractivity (Wildman–Crippen MR) is 125 cm³/mol. The number of amides is 1. The van der Waals surface area contributed by atoms with Crippen LogP contribution in [0.15, 0.2) is 36.7 Å². The van der Waals surface area contributed by atoms with Gasteiger partial charge >= 0.3 is 6.18 Å². The number of benzene rings is 1. The van der Waals surface area contributed by atoms with Gasteiger partial charge in [0.25, 0.3) is 5.91 Å². The van der Waals surface area contributed by atoms with E-state index < -0.39 is 18.6 Å². The largest absolute Gasteiger partial charge is 0.496 e. The molecule has 0 aliphatic carbocycles. The molecule has 2 aliphatic rings. The van der Waals surface area contributed by atoms with E-state index >= 15 is 0 Å². The Hall–Kier alpha value is -3.27. The Kier molecular flexibility index (Phi) is 6.08. The summed E-state index contributed by atoms with van der Waals surface area (Å²) >= 11 is 0. The van der Waals surface area contributed by atoms with Crippen LogP contribution in [0.1, 0.15) is 29.3 Å². The van der Waals surface area contributed by atoms with Crippen LogP contribution in [0.5, 0.6) is 5.75 Å². The Balaban J connectivity index is 1.45. The molecule has 35 heavy (non-hydrogen) atoms. The Morgan fingerprint density at radius 1 is 1.20 bits per heavy atom. The van der Waals surface area contributed by atoms with Gasteiger partial charge in [0.15, 0.2) is 0 Å². The van der Waals surface area contributed by atoms with Crippen LogP contribution in [0.3, 0.4) is 0 Å². The number of fused-ring (bicyclic) bond motifs is 2. The Labute approximate surface area is 201 Å². The topological polar surface area (TPSA) is 59.3 Å². The summed E-state index contributed by atoms with van der Waals surface area (Å²) in [5.74, 6) is -0.397. The smallest absolute Gasteiger partial charge is 0.406 e. The van der Waals surface area contributed by atoms with Gasteiger partial charge < -0.3 is 19.3 Å². The maximum atomic E-state index is 12.9. The highest BCUT2D eigenvalue weighted by Gasteiger charge is 2.37. The monoisotopic (exact) mass is 488 g/mol. The van der Waals surface area contributed by atoms with Gasteiger partial charge in [0.05, 0.1) is 30.7 Å². The summed E-state index contributed by atoms with van der Waals surface area (Å²) in [6.07, 6.45) is 0.820. The first-order valence-electron chi connectivity index (χ1n) is 11.7. The summed E-state index contributed by atoms with van der Waals surface area (Å²) in [6.45, 7) is 3.22. The molecule has 0 radical (unpaired) electrons. The van der Waals surface area contributed by atoms with Gasteiger partial charge in [-0.1, -0.05) is 0 Å². The van der Waals surface area contributed by atoms with Gasteiger partial charge in [-0.05, 0) is 43.5 Å². The third-order valence-electron chi connectivity index (χ3n) is 6.63. The zero-order chi connectivity index (χ0) is 24.7. The highest BCUT2D eigenvalue weighted by molar-refractivity contribution is 6.00. The number of halogens is 3. The molecule has 2 aliphatic heterocycles. The lowest BCUT2D eigenvalue weighted by Crippen LogP contribution is -2.43. The molecule has 2 aromatic heterocycles. The standard InChI is InChI=1S/C25H27F3N4O3/c1-3-35-19-6-8-30(14-19)18-5-9-32-20(13-29-22(32)12-18)17-10-16-4-7-31(15-25(26,27)28)24(33)23(16)21(11-17)34-2/h5,9-13,19H,3-4,6-8,14-15H2,1-2H3. The van der Waals surface area contributed by atoms with Crippen molar-refractivity contribution in [1.82, 2.24) is 14.3 Å². The van der Waals surface area contributed by atoms with E-state index in [0.717, 1.165) is 47.0 Å². The summed E-state index contributed by atoms with van der Waals surface area (Å²) in [7, 11) is 1.42. The molecule has 0 saturated carbocycles. The first-order valence-corrected chi connectivity index (χ1v) is 11.7. The summed E-state index contributed by atoms with van der Waals surface area (Å²) in [4.78, 5) is 20.5. The van der Waals surface area contributed by atoms with E-state index in [4.69, 9.17) is 9.47 Å². The van der Waals surface area contributed by atoms with Gasteiger partial charge in [0.1, 0.15) is 17.9 Å². The number of hydrogen-bond acceptors (Lipinski definition) is 5. The lowest BCUT2D eigenvalue weighted by molar-refractivity contribution is -0.141. The van der Waals surface area contributed by atoms with Crippen molar-refractivity contribution in [2.24, 2.45) is 0 Å². The fraction of sp³-hybridized carbons (Fsp3) is 0.440. The van der Waals surface area contributed by atoms with Crippen molar-refractivity contribution in [1.29, 1.82) is 0 Å². The number of aromatic nitrogens is 2. The molecule has 0 bridgehead atoms. The Bertz CT molecular complexity index is 1240. The van der Waals surface area contributed by atoms with Gasteiger partial charge in [-0.2, -0.15) is 13.2 Å². The second kappa shape index (κ2) is 9.07. The molecule has 1 amide bonds. The SMILES string of the molecule is CCOC1CCN(c2ccn3c(-c4cc5c(c(OC)c4)C(=O)N(CC(F)(F)F)CC5)cnc3c2)C1. The number of methoxy groups -OCH3 is 1. The number of imidazole rings is 1. The molecular weight excluding hydrogens is 461 g/mol. The summed E-state index contributed by atoms with van der Waals surface area (Å²) in [5.41, 5.74) is 4.33. The van der Waals surface area contributed by atoms with Gasteiger partial charge in [-0.15, -0.1) is 0 Å². The zero-order valence-electron chi connectivity index (χ0n) is 19.6. The maximum absolute atomic E-state index is 12.9. The molecule has 1 saturated heterocycles. The number of hydrogen-bond donors (Lipinski definition) is 0. The van der Waals surface area contributed by atoms with Gasteiger partial charge in [-0.25, -0.2) is 4.98 Å². The van der Waals surface area contributed by atoms with Crippen LogP contribution in [0.25, 0.3) is 16.9 Å². The molecule has 0 spiro atoms. The third kappa shape index (κ3) is 4.54. The van der Waals surface area contributed by atoms with Crippen LogP contribution in [0.4, 0.5) is 18.9 Å². The number of anilines is 1. The molecule has 1 aromatic carbocycles. The van der Waals surface area contributed by atoms with Crippen molar-refractivity contribution in [3.05, 3.63) is 47.8 Å². The fourth-order valence-corrected chi connectivity index (χ4v) is 5.02. The highest BCUT2D eigenvalue weighted by Crippen LogP contribution is 2.35. The Morgan fingerprint density at radius 3 is 2.77 bits per heavy atom. The number of alkyl halides is 3. The van der Waals surface area contributed by atoms with Gasteiger partial charge in [0, 0.05) is 49.8 Å². The molecule has 10 heteroatoms. The van der Waals surface area contributed by atoms with Crippen LogP contribution < -0.4 is 9.64 Å². The summed E-state index contributed by atoms with van der Waals surface area (Å²) in [6, 6.07) is 7.62. The number of pyridine rings is 1. The van der Waals surface area contributed by atoms with Crippen molar-refractivity contribution in [3.63, 3.8) is 0 Å². The predicted octanol–water partition coefficient (Wildman–Crippen LogP) is 4.19. The van der Waals surface area contributed by atoms with Gasteiger partial charge in [-0.3, -0.25) is 9.20 Å². The number of nitrogens with zero attached hydrogens (tertiary/aromatic N) is 4. The van der Waals surface area contributed by atoms with Crippen molar-refractivity contribution in [2.45, 2.75) is 32.0 Å². The summed E-state index contributed by atoms with van der Waals surface area (Å²) in [5, 5.41) is 0. The molecule has 1 fully saturated rings. The second-order valence-electron chi connectivity index (χ2n) is 8.87. The molecule has 0 N–H and O–H groups in total. The Morgan fingerprint density at radius 2 is 2.03 bits per heavy atom. The van der Waals surface area contributed by atoms with E-state index in [2.05, 4.69) is 9.88 Å². The molecular formula is C25H27F3N4O3. The van der Waals surface area contributed by atoms with E-state index in [1.165, 1.54) is 7.11 Å². The zero-order valence-corrected chi connectivity index (χ0v) is 19.6. The average molecular weight is 489 g/mol. The van der Waals surface area contributed by atoms with E-state index in [-0.39, 0.29) is 24.0 Å². The van der Waals surface area contributed by atoms with Crippen LogP contribution in [-0.2, 0) is 11.2 Å². The molecule has 3 aromatic rings. The lowest BCUT2D eigenvalue weighted by atomic mass is 9.94. The summed E-state index contributed by atoms with van der Waals surface area (Å²) < 4.78 is 51.9. The van der Waals surface area contributed by atoms with Crippen molar-refractivity contribution >= 4 is 17.2 Å². The average Bonchev–Trinajstić information content (AvgIpc) is 3.46. The second-order valence-corrected chi connectivity index (χ2v) is 8.87. The molecule has 7 nitrogen and oxygen atoms in total. The third-order valence-corrected chi connectivity index (χ3v) is 6.63. The molecule has 1 atom stereocenters. The van der Waals surface area contributed by atoms with Crippen LogP contribution >= 0.6 is 0 Å². The molecule has 1 unspecified atom stereocenters. The minimum atomic E-state index is -4.45. The van der Waals surface area contributed by atoms with Gasteiger partial charge in [0.2, 0.25) is 0 Å². The van der Waals surface area contributed by atoms with E-state index in [1.807, 2.05) is 35.7 Å². The van der Waals surface area contributed by atoms with Crippen molar-refractivity contribution in [3.8, 4) is 17.0 Å². The molecule has 186 valence electrons. The normalized spacial score (nSPS) is 18.4. The van der Waals surface area contributed by atoms with E-state index in [0.29, 0.717) is 18.6 Å². The quantitative estimate of drug-likeness (QED) is 0.521. The molecule has 5 rings (SSSR count). The highest BCUT2D eigenvalue weighted by atomic mass is 19.4. The van der Waals surface area contributed by atoms with Crippen LogP contribution in [0.2, 0.25) is 0 Å². The van der Waals surface area contributed by atoms with Crippen molar-refractivity contribution < 1.29 is 27.4 Å². The van der Waals surface area contributed by atoms with E-state index in [1.54, 1.807) is 12.3 Å². The minimum Gasteiger partial charge on any atom is -0.496 e. The number of ether oxygens (including phenoxy) is 2. The maximum Gasteiger partial charge on any atom is 0.406 e. The first-order chi connectivity index (χ1) is 16.8. The fourth-order valence-electron chi connectivity index (χ4n) is 5.02. The van der Waals surface area contributed by atoms with Crippen molar-refractivity contribution in [2.75, 3.05) is 44.8 Å². The first kappa shape index (κ1) is 23.5. The van der Waals surface area contributed by atoms with Crippen LogP contribution in [-0.4, -0.2) is 72.4 Å². The number of rotatable bonds is 6. The minimum absolute atomic E-state index is 0.00698. The van der Waals surface area contributed by atoms with Crippen LogP contribution in [0, 0.1) is 0 Å². The van der Waals surface area contributed by atoms with E-state index in [9.17, 15) is 18.0 Å². The lowest BCUT2D eigenvalue weighted by Gasteiger charge is -2.30.